The summed E-state index contributed by atoms with van der Waals surface area (Å²) >= 11 is 0. The molecule has 2 unspecified atom stereocenters. The number of nitrogens with one attached hydrogen (secondary N) is 1. The van der Waals surface area contributed by atoms with Gasteiger partial charge in [0, 0.05) is 16.8 Å². The van der Waals surface area contributed by atoms with Crippen molar-refractivity contribution >= 4 is 11.6 Å². The number of para-hydroxylation sites is 2. The first kappa shape index (κ1) is 17.7. The van der Waals surface area contributed by atoms with Crippen molar-refractivity contribution in [2.45, 2.75) is 19.1 Å². The first-order valence-corrected chi connectivity index (χ1v) is 9.09. The highest BCUT2D eigenvalue weighted by Gasteiger charge is 2.34. The van der Waals surface area contributed by atoms with E-state index in [0.29, 0.717) is 17.2 Å². The summed E-state index contributed by atoms with van der Waals surface area (Å²) in [4.78, 5) is 12.7. The van der Waals surface area contributed by atoms with Gasteiger partial charge in [-0.15, -0.1) is 0 Å². The van der Waals surface area contributed by atoms with E-state index in [1.165, 1.54) is 0 Å². The molecule has 0 saturated heterocycles. The minimum absolute atomic E-state index is 0.254. The molecule has 0 fully saturated rings. The summed E-state index contributed by atoms with van der Waals surface area (Å²) in [6.07, 6.45) is -1.12. The second kappa shape index (κ2) is 7.89. The van der Waals surface area contributed by atoms with Gasteiger partial charge in [0.25, 0.3) is 5.91 Å². The molecule has 1 aliphatic rings. The zero-order chi connectivity index (χ0) is 19.3. The number of benzene rings is 3. The maximum absolute atomic E-state index is 12.7. The molecule has 0 radical (unpaired) electrons. The molecular formula is C24H19NO3. The van der Waals surface area contributed by atoms with E-state index in [0.717, 1.165) is 11.1 Å². The van der Waals surface area contributed by atoms with Crippen molar-refractivity contribution in [2.75, 3.05) is 5.32 Å². The van der Waals surface area contributed by atoms with Crippen LogP contribution in [0, 0.1) is 11.8 Å². The van der Waals surface area contributed by atoms with Crippen LogP contribution in [0.25, 0.3) is 0 Å². The van der Waals surface area contributed by atoms with Crippen LogP contribution >= 0.6 is 0 Å². The average molecular weight is 369 g/mol. The Balaban J connectivity index is 1.47. The molecule has 4 heteroatoms. The van der Waals surface area contributed by atoms with E-state index < -0.39 is 12.2 Å². The molecule has 1 N–H and O–H groups in total. The molecular weight excluding hydrogens is 350 g/mol. The average Bonchev–Trinajstić information content (AvgIpc) is 2.73. The smallest absolute Gasteiger partial charge is 0.269 e. The molecule has 0 aromatic heterocycles. The van der Waals surface area contributed by atoms with E-state index >= 15 is 0 Å². The molecule has 3 aromatic rings. The zero-order valence-corrected chi connectivity index (χ0v) is 15.4. The molecule has 138 valence electrons. The van der Waals surface area contributed by atoms with Gasteiger partial charge in [0.05, 0.1) is 0 Å². The minimum atomic E-state index is -0.728. The van der Waals surface area contributed by atoms with Crippen molar-refractivity contribution < 1.29 is 14.3 Å². The summed E-state index contributed by atoms with van der Waals surface area (Å²) in [6, 6.07) is 24.6. The van der Waals surface area contributed by atoms with Crippen LogP contribution in [0.5, 0.6) is 11.5 Å². The highest BCUT2D eigenvalue weighted by molar-refractivity contribution is 5.95. The fraction of sp³-hybridized carbons (Fsp3) is 0.125. The summed E-state index contributed by atoms with van der Waals surface area (Å²) in [7, 11) is 0. The van der Waals surface area contributed by atoms with Gasteiger partial charge in [-0.2, -0.15) is 0 Å². The van der Waals surface area contributed by atoms with E-state index in [1.54, 1.807) is 6.07 Å². The number of carbonyl (C=O) groups excluding carboxylic acids is 1. The molecule has 4 nitrogen and oxygen atoms in total. The van der Waals surface area contributed by atoms with Crippen LogP contribution in [-0.4, -0.2) is 18.1 Å². The predicted octanol–water partition coefficient (Wildman–Crippen LogP) is 4.25. The van der Waals surface area contributed by atoms with Crippen molar-refractivity contribution in [3.05, 3.63) is 90.0 Å². The number of hydrogen-bond acceptors (Lipinski definition) is 3. The Hall–Kier alpha value is -3.71. The minimum Gasteiger partial charge on any atom is -0.482 e. The lowest BCUT2D eigenvalue weighted by molar-refractivity contribution is -0.128. The number of ether oxygens (including phenoxy) is 2. The Bertz CT molecular complexity index is 1050. The third-order valence-electron chi connectivity index (χ3n) is 4.36. The molecule has 2 atom stereocenters. The number of rotatable bonds is 2. The van der Waals surface area contributed by atoms with E-state index in [1.807, 2.05) is 79.7 Å². The third-order valence-corrected chi connectivity index (χ3v) is 4.36. The number of hydrogen-bond donors (Lipinski definition) is 1. The second-order valence-corrected chi connectivity index (χ2v) is 6.49. The van der Waals surface area contributed by atoms with Crippen LogP contribution in [0.15, 0.2) is 78.9 Å². The van der Waals surface area contributed by atoms with Gasteiger partial charge in [0.2, 0.25) is 6.10 Å². The van der Waals surface area contributed by atoms with E-state index in [2.05, 4.69) is 17.2 Å². The molecule has 0 bridgehead atoms. The van der Waals surface area contributed by atoms with E-state index in [-0.39, 0.29) is 5.91 Å². The van der Waals surface area contributed by atoms with Crippen LogP contribution in [0.4, 0.5) is 5.69 Å². The summed E-state index contributed by atoms with van der Waals surface area (Å²) in [6.45, 7) is 1.82. The molecule has 0 spiro atoms. The lowest BCUT2D eigenvalue weighted by Gasteiger charge is -2.31. The Labute approximate surface area is 164 Å². The van der Waals surface area contributed by atoms with Crippen LogP contribution in [-0.2, 0) is 4.79 Å². The van der Waals surface area contributed by atoms with Gasteiger partial charge in [-0.05, 0) is 49.4 Å². The van der Waals surface area contributed by atoms with Crippen molar-refractivity contribution in [1.29, 1.82) is 0 Å². The molecule has 1 heterocycles. The van der Waals surface area contributed by atoms with Gasteiger partial charge in [-0.1, -0.05) is 48.2 Å². The Morgan fingerprint density at radius 3 is 2.25 bits per heavy atom. The van der Waals surface area contributed by atoms with E-state index in [4.69, 9.17) is 9.47 Å². The molecule has 0 aliphatic carbocycles. The second-order valence-electron chi connectivity index (χ2n) is 6.49. The molecule has 4 rings (SSSR count). The Morgan fingerprint density at radius 2 is 1.46 bits per heavy atom. The lowest BCUT2D eigenvalue weighted by Crippen LogP contribution is -2.46. The summed E-state index contributed by atoms with van der Waals surface area (Å²) in [5, 5.41) is 2.90. The maximum Gasteiger partial charge on any atom is 0.269 e. The third kappa shape index (κ3) is 3.99. The first-order chi connectivity index (χ1) is 13.7. The van der Waals surface area contributed by atoms with Gasteiger partial charge in [0.15, 0.2) is 11.5 Å². The quantitative estimate of drug-likeness (QED) is 0.687. The normalized spacial score (nSPS) is 17.2. The highest BCUT2D eigenvalue weighted by atomic mass is 16.6. The fourth-order valence-corrected chi connectivity index (χ4v) is 2.96. The summed E-state index contributed by atoms with van der Waals surface area (Å²) < 4.78 is 11.7. The van der Waals surface area contributed by atoms with Gasteiger partial charge < -0.3 is 14.8 Å². The monoisotopic (exact) mass is 369 g/mol. The largest absolute Gasteiger partial charge is 0.482 e. The molecule has 3 aromatic carbocycles. The topological polar surface area (TPSA) is 47.6 Å². The molecule has 0 saturated carbocycles. The SMILES string of the molecule is CC1Oc2ccccc2OC1C(=O)Nc1cccc(C#Cc2ccccc2)c1. The first-order valence-electron chi connectivity index (χ1n) is 9.09. The number of anilines is 1. The van der Waals surface area contributed by atoms with Crippen LogP contribution in [0.2, 0.25) is 0 Å². The van der Waals surface area contributed by atoms with Crippen molar-refractivity contribution in [3.8, 4) is 23.3 Å². The predicted molar refractivity (Wildman–Crippen MR) is 108 cm³/mol. The van der Waals surface area contributed by atoms with Gasteiger partial charge in [-0.25, -0.2) is 0 Å². The van der Waals surface area contributed by atoms with Crippen molar-refractivity contribution in [2.24, 2.45) is 0 Å². The number of carbonyl (C=O) groups is 1. The van der Waals surface area contributed by atoms with Gasteiger partial charge in [-0.3, -0.25) is 4.79 Å². The van der Waals surface area contributed by atoms with Crippen molar-refractivity contribution in [3.63, 3.8) is 0 Å². The van der Waals surface area contributed by atoms with Crippen LogP contribution in [0.3, 0.4) is 0 Å². The number of amides is 1. The van der Waals surface area contributed by atoms with Gasteiger partial charge in [0.1, 0.15) is 6.10 Å². The van der Waals surface area contributed by atoms with E-state index in [9.17, 15) is 4.79 Å². The maximum atomic E-state index is 12.7. The standard InChI is InChI=1S/C24H19NO3/c1-17-23(28-22-13-6-5-12-21(22)27-17)24(26)25-20-11-7-10-19(16-20)15-14-18-8-3-2-4-9-18/h2-13,16-17,23H,1H3,(H,25,26). The fourth-order valence-electron chi connectivity index (χ4n) is 2.96. The summed E-state index contributed by atoms with van der Waals surface area (Å²) in [5.74, 6) is 7.20. The zero-order valence-electron chi connectivity index (χ0n) is 15.4. The summed E-state index contributed by atoms with van der Waals surface area (Å²) in [5.41, 5.74) is 2.43. The van der Waals surface area contributed by atoms with Crippen LogP contribution < -0.4 is 14.8 Å². The van der Waals surface area contributed by atoms with Gasteiger partial charge >= 0.3 is 0 Å². The highest BCUT2D eigenvalue weighted by Crippen LogP contribution is 2.33. The Morgan fingerprint density at radius 1 is 0.821 bits per heavy atom. The van der Waals surface area contributed by atoms with Crippen molar-refractivity contribution in [1.82, 2.24) is 0 Å². The molecule has 1 aliphatic heterocycles. The van der Waals surface area contributed by atoms with Crippen LogP contribution in [0.1, 0.15) is 18.1 Å². The molecule has 1 amide bonds. The Kier molecular flexibility index (Phi) is 4.99. The molecule has 28 heavy (non-hydrogen) atoms. The lowest BCUT2D eigenvalue weighted by atomic mass is 10.1. The number of fused-ring (bicyclic) bond motifs is 1.